The van der Waals surface area contributed by atoms with Crippen molar-refractivity contribution in [3.8, 4) is 11.5 Å². The van der Waals surface area contributed by atoms with Gasteiger partial charge in [-0.3, -0.25) is 4.79 Å². The number of amides is 1. The van der Waals surface area contributed by atoms with E-state index in [1.807, 2.05) is 53.4 Å². The first-order valence-electron chi connectivity index (χ1n) is 9.76. The fourth-order valence-electron chi connectivity index (χ4n) is 2.54. The standard InChI is InChI=1S/C13H16BrNO3.C9H10Br2O/c14-11-2-4-12(5-3-11)18-8-1-6-15-7-9-17-10-13(15)16;10-6-1-7-12-9-4-2-8(11)3-5-9/h2-5H,1,6-10H2;2-5H,1,6-7H2. The average Bonchev–Trinajstić information content (AvgIpc) is 2.76. The van der Waals surface area contributed by atoms with Crippen molar-refractivity contribution in [1.82, 2.24) is 4.90 Å². The van der Waals surface area contributed by atoms with Crippen LogP contribution in [-0.2, 0) is 9.53 Å². The quantitative estimate of drug-likeness (QED) is 0.272. The number of hydrogen-bond donors (Lipinski definition) is 0. The van der Waals surface area contributed by atoms with E-state index in [1.54, 1.807) is 0 Å². The second-order valence-electron chi connectivity index (χ2n) is 6.43. The van der Waals surface area contributed by atoms with Crippen molar-refractivity contribution in [3.63, 3.8) is 0 Å². The minimum atomic E-state index is 0.0740. The summed E-state index contributed by atoms with van der Waals surface area (Å²) in [6.45, 7) is 3.67. The van der Waals surface area contributed by atoms with E-state index in [-0.39, 0.29) is 12.5 Å². The summed E-state index contributed by atoms with van der Waals surface area (Å²) < 4.78 is 18.2. The lowest BCUT2D eigenvalue weighted by Crippen LogP contribution is -2.42. The maximum absolute atomic E-state index is 11.5. The molecule has 2 aromatic rings. The molecule has 3 rings (SSSR count). The van der Waals surface area contributed by atoms with Gasteiger partial charge in [0, 0.05) is 27.4 Å². The van der Waals surface area contributed by atoms with Crippen LogP contribution in [0.1, 0.15) is 12.8 Å². The lowest BCUT2D eigenvalue weighted by molar-refractivity contribution is -0.142. The Hall–Kier alpha value is -1.09. The molecule has 30 heavy (non-hydrogen) atoms. The molecule has 8 heteroatoms. The third-order valence-corrected chi connectivity index (χ3v) is 5.72. The van der Waals surface area contributed by atoms with Gasteiger partial charge < -0.3 is 19.1 Å². The summed E-state index contributed by atoms with van der Waals surface area (Å²) in [6, 6.07) is 15.6. The highest BCUT2D eigenvalue weighted by atomic mass is 79.9. The molecule has 0 bridgehead atoms. The van der Waals surface area contributed by atoms with E-state index in [0.717, 1.165) is 51.8 Å². The van der Waals surface area contributed by atoms with Crippen molar-refractivity contribution < 1.29 is 19.0 Å². The van der Waals surface area contributed by atoms with E-state index >= 15 is 0 Å². The second-order valence-corrected chi connectivity index (χ2v) is 9.06. The maximum Gasteiger partial charge on any atom is 0.248 e. The highest BCUT2D eigenvalue weighted by Crippen LogP contribution is 2.17. The zero-order valence-corrected chi connectivity index (χ0v) is 21.5. The predicted octanol–water partition coefficient (Wildman–Crippen LogP) is 5.69. The molecule has 0 unspecified atom stereocenters. The molecule has 0 saturated carbocycles. The molecule has 1 saturated heterocycles. The van der Waals surface area contributed by atoms with Gasteiger partial charge in [-0.05, 0) is 61.4 Å². The Bertz CT molecular complexity index is 741. The molecule has 1 amide bonds. The molecule has 0 radical (unpaired) electrons. The van der Waals surface area contributed by atoms with Crippen LogP contribution in [0.5, 0.6) is 11.5 Å². The van der Waals surface area contributed by atoms with Crippen molar-refractivity contribution in [2.24, 2.45) is 0 Å². The first-order valence-corrected chi connectivity index (χ1v) is 12.5. The van der Waals surface area contributed by atoms with Gasteiger partial charge in [0.15, 0.2) is 0 Å². The molecule has 1 aliphatic rings. The number of morpholine rings is 1. The fraction of sp³-hybridized carbons (Fsp3) is 0.409. The minimum absolute atomic E-state index is 0.0740. The molecule has 0 aliphatic carbocycles. The van der Waals surface area contributed by atoms with Crippen LogP contribution in [0.15, 0.2) is 57.5 Å². The molecule has 1 fully saturated rings. The largest absolute Gasteiger partial charge is 0.494 e. The summed E-state index contributed by atoms with van der Waals surface area (Å²) in [5.41, 5.74) is 0. The van der Waals surface area contributed by atoms with Crippen molar-refractivity contribution in [2.75, 3.05) is 44.8 Å². The summed E-state index contributed by atoms with van der Waals surface area (Å²) >= 11 is 10.1. The zero-order chi connectivity index (χ0) is 21.6. The van der Waals surface area contributed by atoms with Gasteiger partial charge in [-0.2, -0.15) is 0 Å². The molecule has 1 heterocycles. The molecular weight excluding hydrogens is 582 g/mol. The van der Waals surface area contributed by atoms with Gasteiger partial charge in [0.25, 0.3) is 0 Å². The van der Waals surface area contributed by atoms with Gasteiger partial charge in [-0.15, -0.1) is 0 Å². The van der Waals surface area contributed by atoms with E-state index in [9.17, 15) is 4.79 Å². The fourth-order valence-corrected chi connectivity index (χ4v) is 3.30. The van der Waals surface area contributed by atoms with Crippen molar-refractivity contribution in [2.45, 2.75) is 12.8 Å². The van der Waals surface area contributed by atoms with Gasteiger partial charge >= 0.3 is 0 Å². The number of nitrogens with zero attached hydrogens (tertiary/aromatic N) is 1. The lowest BCUT2D eigenvalue weighted by Gasteiger charge is -2.26. The maximum atomic E-state index is 11.5. The zero-order valence-electron chi connectivity index (χ0n) is 16.7. The number of alkyl halides is 1. The Morgan fingerprint density at radius 2 is 1.40 bits per heavy atom. The summed E-state index contributed by atoms with van der Waals surface area (Å²) in [5.74, 6) is 1.86. The van der Waals surface area contributed by atoms with Crippen molar-refractivity contribution >= 4 is 53.7 Å². The molecule has 164 valence electrons. The van der Waals surface area contributed by atoms with E-state index in [4.69, 9.17) is 14.2 Å². The highest BCUT2D eigenvalue weighted by molar-refractivity contribution is 9.10. The van der Waals surface area contributed by atoms with Gasteiger partial charge in [-0.1, -0.05) is 47.8 Å². The van der Waals surface area contributed by atoms with Crippen LogP contribution in [0.2, 0.25) is 0 Å². The Kier molecular flexibility index (Phi) is 12.4. The number of hydrogen-bond acceptors (Lipinski definition) is 4. The normalized spacial score (nSPS) is 13.4. The SMILES string of the molecule is BrCCCOc1ccc(Br)cc1.O=C1COCCN1CCCOc1ccc(Br)cc1. The number of halogens is 3. The molecule has 0 atom stereocenters. The van der Waals surface area contributed by atoms with Crippen molar-refractivity contribution in [3.05, 3.63) is 57.5 Å². The van der Waals surface area contributed by atoms with E-state index in [0.29, 0.717) is 19.8 Å². The molecule has 5 nitrogen and oxygen atoms in total. The molecule has 1 aliphatic heterocycles. The Balaban J connectivity index is 0.000000232. The average molecular weight is 608 g/mol. The highest BCUT2D eigenvalue weighted by Gasteiger charge is 2.17. The predicted molar refractivity (Wildman–Crippen MR) is 130 cm³/mol. The number of carbonyl (C=O) groups is 1. The van der Waals surface area contributed by atoms with Gasteiger partial charge in [0.1, 0.15) is 18.1 Å². The molecule has 0 aromatic heterocycles. The lowest BCUT2D eigenvalue weighted by atomic mass is 10.3. The van der Waals surface area contributed by atoms with Crippen LogP contribution in [0.4, 0.5) is 0 Å². The van der Waals surface area contributed by atoms with Crippen LogP contribution < -0.4 is 9.47 Å². The number of ether oxygens (including phenoxy) is 3. The van der Waals surface area contributed by atoms with Crippen LogP contribution in [-0.4, -0.2) is 55.7 Å². The first kappa shape index (κ1) is 25.2. The van der Waals surface area contributed by atoms with E-state index in [1.165, 1.54) is 0 Å². The van der Waals surface area contributed by atoms with Crippen LogP contribution in [0.25, 0.3) is 0 Å². The summed E-state index contributed by atoms with van der Waals surface area (Å²) in [7, 11) is 0. The monoisotopic (exact) mass is 605 g/mol. The van der Waals surface area contributed by atoms with Gasteiger partial charge in [0.05, 0.1) is 19.8 Å². The van der Waals surface area contributed by atoms with E-state index < -0.39 is 0 Å². The first-order chi connectivity index (χ1) is 14.6. The van der Waals surface area contributed by atoms with Gasteiger partial charge in [0.2, 0.25) is 5.91 Å². The summed E-state index contributed by atoms with van der Waals surface area (Å²) in [4.78, 5) is 13.3. The molecule has 0 N–H and O–H groups in total. The van der Waals surface area contributed by atoms with Crippen LogP contribution in [0, 0.1) is 0 Å². The molecular formula is C22H26Br3NO4. The van der Waals surface area contributed by atoms with Crippen LogP contribution >= 0.6 is 47.8 Å². The van der Waals surface area contributed by atoms with Crippen molar-refractivity contribution in [1.29, 1.82) is 0 Å². The molecule has 2 aromatic carbocycles. The van der Waals surface area contributed by atoms with Crippen LogP contribution in [0.3, 0.4) is 0 Å². The summed E-state index contributed by atoms with van der Waals surface area (Å²) in [6.07, 6.45) is 1.87. The number of rotatable bonds is 9. The summed E-state index contributed by atoms with van der Waals surface area (Å²) in [5, 5.41) is 0.990. The second kappa shape index (κ2) is 14.8. The topological polar surface area (TPSA) is 48.0 Å². The Labute approximate surface area is 203 Å². The third kappa shape index (κ3) is 10.3. The third-order valence-electron chi connectivity index (χ3n) is 4.10. The van der Waals surface area contributed by atoms with E-state index in [2.05, 4.69) is 47.8 Å². The Morgan fingerprint density at radius 1 is 0.867 bits per heavy atom. The Morgan fingerprint density at radius 3 is 1.90 bits per heavy atom. The number of benzene rings is 2. The smallest absolute Gasteiger partial charge is 0.248 e. The molecule has 0 spiro atoms. The van der Waals surface area contributed by atoms with Gasteiger partial charge in [-0.25, -0.2) is 0 Å². The number of carbonyl (C=O) groups excluding carboxylic acids is 1. The minimum Gasteiger partial charge on any atom is -0.494 e.